The van der Waals surface area contributed by atoms with E-state index in [-0.39, 0.29) is 0 Å². The molecule has 0 amide bonds. The van der Waals surface area contributed by atoms with Gasteiger partial charge >= 0.3 is 5.97 Å². The highest BCUT2D eigenvalue weighted by Crippen LogP contribution is 2.56. The molecule has 4 fully saturated rings. The molecule has 0 aromatic carbocycles. The molecule has 4 aliphatic rings. The first-order valence-corrected chi connectivity index (χ1v) is 6.85. The second-order valence-corrected chi connectivity index (χ2v) is 6.20. The molecule has 0 atom stereocenters. The van der Waals surface area contributed by atoms with Crippen LogP contribution in [-0.2, 0) is 9.53 Å². The Morgan fingerprint density at radius 2 is 1.68 bits per heavy atom. The minimum Gasteiger partial charge on any atom is -0.477 e. The Labute approximate surface area is 114 Å². The molecular formula is C15H21NO3. The van der Waals surface area contributed by atoms with E-state index < -0.39 is 11.5 Å². The second kappa shape index (κ2) is 5.34. The van der Waals surface area contributed by atoms with Gasteiger partial charge in [-0.25, -0.2) is 4.79 Å². The smallest absolute Gasteiger partial charge is 0.345 e. The van der Waals surface area contributed by atoms with Crippen LogP contribution in [0.3, 0.4) is 0 Å². The zero-order valence-electron chi connectivity index (χ0n) is 11.4. The topological polar surface area (TPSA) is 70.3 Å². The van der Waals surface area contributed by atoms with Gasteiger partial charge in [-0.2, -0.15) is 5.26 Å². The number of hydrogen-bond acceptors (Lipinski definition) is 3. The minimum absolute atomic E-state index is 0.342. The summed E-state index contributed by atoms with van der Waals surface area (Å²) < 4.78 is 5.75. The zero-order chi connectivity index (χ0) is 14.0. The third-order valence-corrected chi connectivity index (χ3v) is 4.81. The highest BCUT2D eigenvalue weighted by molar-refractivity contribution is 5.90. The maximum Gasteiger partial charge on any atom is 0.345 e. The third kappa shape index (κ3) is 2.98. The molecule has 0 aromatic heterocycles. The summed E-state index contributed by atoms with van der Waals surface area (Å²) in [4.78, 5) is 9.61. The van der Waals surface area contributed by atoms with Gasteiger partial charge in [0.05, 0.1) is 5.60 Å². The van der Waals surface area contributed by atoms with Gasteiger partial charge in [-0.05, 0) is 56.3 Å². The molecule has 104 valence electrons. The van der Waals surface area contributed by atoms with Crippen LogP contribution < -0.4 is 0 Å². The SMILES string of the molecule is C=C(C#N)C(=O)O.COC12CC3CC(CC(C3)C1)C2. The fourth-order valence-corrected chi connectivity index (χ4v) is 4.33. The van der Waals surface area contributed by atoms with Crippen molar-refractivity contribution in [2.24, 2.45) is 17.8 Å². The van der Waals surface area contributed by atoms with E-state index in [1.165, 1.54) is 44.6 Å². The van der Waals surface area contributed by atoms with Crippen LogP contribution in [-0.4, -0.2) is 23.8 Å². The molecule has 19 heavy (non-hydrogen) atoms. The van der Waals surface area contributed by atoms with Crippen molar-refractivity contribution in [2.75, 3.05) is 7.11 Å². The molecule has 0 spiro atoms. The standard InChI is InChI=1S/C11H18O.C4H3NO2/c1-12-11-5-8-2-9(6-11)4-10(3-8)7-11;1-3(2-5)4(6)7/h8-10H,2-7H2,1H3;1H2,(H,6,7). The quantitative estimate of drug-likeness (QED) is 0.614. The lowest BCUT2D eigenvalue weighted by Crippen LogP contribution is -2.51. The van der Waals surface area contributed by atoms with Crippen LogP contribution in [0.2, 0.25) is 0 Å². The van der Waals surface area contributed by atoms with E-state index in [1.807, 2.05) is 7.11 Å². The Balaban J connectivity index is 0.000000167. The predicted octanol–water partition coefficient (Wildman–Crippen LogP) is 2.75. The van der Waals surface area contributed by atoms with E-state index in [4.69, 9.17) is 15.1 Å². The Hall–Kier alpha value is -1.34. The van der Waals surface area contributed by atoms with Gasteiger partial charge in [0.25, 0.3) is 0 Å². The van der Waals surface area contributed by atoms with Crippen molar-refractivity contribution in [1.82, 2.24) is 0 Å². The Morgan fingerprint density at radius 3 is 1.89 bits per heavy atom. The van der Waals surface area contributed by atoms with Crippen molar-refractivity contribution in [1.29, 1.82) is 5.26 Å². The first kappa shape index (κ1) is 14.1. The molecular weight excluding hydrogens is 242 g/mol. The maximum atomic E-state index is 9.61. The van der Waals surface area contributed by atoms with Gasteiger partial charge in [0.2, 0.25) is 0 Å². The van der Waals surface area contributed by atoms with E-state index >= 15 is 0 Å². The van der Waals surface area contributed by atoms with Crippen molar-refractivity contribution in [3.05, 3.63) is 12.2 Å². The fourth-order valence-electron chi connectivity index (χ4n) is 4.33. The lowest BCUT2D eigenvalue weighted by Gasteiger charge is -2.55. The number of carboxylic acids is 1. The summed E-state index contributed by atoms with van der Waals surface area (Å²) in [6, 6.07) is 1.37. The number of carboxylic acid groups (broad SMARTS) is 1. The third-order valence-electron chi connectivity index (χ3n) is 4.81. The van der Waals surface area contributed by atoms with Crippen molar-refractivity contribution >= 4 is 5.97 Å². The van der Waals surface area contributed by atoms with Crippen LogP contribution in [0.4, 0.5) is 0 Å². The van der Waals surface area contributed by atoms with Crippen LogP contribution in [0.25, 0.3) is 0 Å². The Kier molecular flexibility index (Phi) is 3.96. The molecule has 0 saturated heterocycles. The molecule has 4 nitrogen and oxygen atoms in total. The van der Waals surface area contributed by atoms with Gasteiger partial charge < -0.3 is 9.84 Å². The van der Waals surface area contributed by atoms with E-state index in [0.717, 1.165) is 17.8 Å². The van der Waals surface area contributed by atoms with Gasteiger partial charge in [-0.3, -0.25) is 0 Å². The molecule has 4 saturated carbocycles. The predicted molar refractivity (Wildman–Crippen MR) is 70.3 cm³/mol. The summed E-state index contributed by atoms with van der Waals surface area (Å²) in [6.07, 6.45) is 8.66. The van der Waals surface area contributed by atoms with Gasteiger partial charge in [0, 0.05) is 7.11 Å². The average Bonchev–Trinajstić information content (AvgIpc) is 2.37. The van der Waals surface area contributed by atoms with E-state index in [9.17, 15) is 4.79 Å². The number of hydrogen-bond donors (Lipinski definition) is 1. The largest absolute Gasteiger partial charge is 0.477 e. The van der Waals surface area contributed by atoms with Gasteiger partial charge in [0.1, 0.15) is 11.6 Å². The van der Waals surface area contributed by atoms with E-state index in [1.54, 1.807) is 0 Å². The van der Waals surface area contributed by atoms with Crippen LogP contribution >= 0.6 is 0 Å². The first-order valence-electron chi connectivity index (χ1n) is 6.85. The molecule has 4 aliphatic carbocycles. The summed E-state index contributed by atoms with van der Waals surface area (Å²) in [7, 11) is 1.92. The summed E-state index contributed by atoms with van der Waals surface area (Å²) in [5, 5.41) is 15.6. The molecule has 0 heterocycles. The van der Waals surface area contributed by atoms with E-state index in [0.29, 0.717) is 5.60 Å². The zero-order valence-corrected chi connectivity index (χ0v) is 11.4. The number of methoxy groups -OCH3 is 1. The lowest BCUT2D eigenvalue weighted by atomic mass is 9.54. The van der Waals surface area contributed by atoms with Crippen LogP contribution in [0.1, 0.15) is 38.5 Å². The van der Waals surface area contributed by atoms with Crippen LogP contribution in [0, 0.1) is 29.1 Å². The molecule has 1 N–H and O–H groups in total. The van der Waals surface area contributed by atoms with Crippen LogP contribution in [0.5, 0.6) is 0 Å². The number of carbonyl (C=O) groups is 1. The number of nitriles is 1. The molecule has 4 bridgehead atoms. The van der Waals surface area contributed by atoms with Crippen molar-refractivity contribution in [3.63, 3.8) is 0 Å². The van der Waals surface area contributed by atoms with Crippen molar-refractivity contribution in [2.45, 2.75) is 44.1 Å². The van der Waals surface area contributed by atoms with Gasteiger partial charge in [0.15, 0.2) is 0 Å². The Morgan fingerprint density at radius 1 is 1.26 bits per heavy atom. The van der Waals surface area contributed by atoms with Gasteiger partial charge in [-0.15, -0.1) is 0 Å². The van der Waals surface area contributed by atoms with Gasteiger partial charge in [-0.1, -0.05) is 6.58 Å². The van der Waals surface area contributed by atoms with Crippen LogP contribution in [0.15, 0.2) is 12.2 Å². The molecule has 4 heteroatoms. The monoisotopic (exact) mass is 263 g/mol. The highest BCUT2D eigenvalue weighted by atomic mass is 16.5. The summed E-state index contributed by atoms with van der Waals surface area (Å²) >= 11 is 0. The molecule has 4 rings (SSSR count). The Bertz CT molecular complexity index is 386. The minimum atomic E-state index is -1.26. The molecule has 0 radical (unpaired) electrons. The normalized spacial score (nSPS) is 38.0. The van der Waals surface area contributed by atoms with Crippen molar-refractivity contribution in [3.8, 4) is 6.07 Å². The lowest BCUT2D eigenvalue weighted by molar-refractivity contribution is -0.145. The maximum absolute atomic E-state index is 9.61. The fraction of sp³-hybridized carbons (Fsp3) is 0.733. The number of ether oxygens (including phenoxy) is 1. The number of rotatable bonds is 2. The number of nitrogens with zero attached hydrogens (tertiary/aromatic N) is 1. The second-order valence-electron chi connectivity index (χ2n) is 6.20. The van der Waals surface area contributed by atoms with E-state index in [2.05, 4.69) is 6.58 Å². The first-order chi connectivity index (χ1) is 8.98. The average molecular weight is 263 g/mol. The number of aliphatic carboxylic acids is 1. The van der Waals surface area contributed by atoms with Crippen molar-refractivity contribution < 1.29 is 14.6 Å². The molecule has 0 aromatic rings. The summed E-state index contributed by atoms with van der Waals surface area (Å²) in [6.45, 7) is 2.91. The summed E-state index contributed by atoms with van der Waals surface area (Å²) in [5.74, 6) is 1.81. The highest BCUT2D eigenvalue weighted by Gasteiger charge is 2.51. The molecule has 0 aliphatic heterocycles. The molecule has 0 unspecified atom stereocenters. The summed E-state index contributed by atoms with van der Waals surface area (Å²) in [5.41, 5.74) is -0.0885.